The summed E-state index contributed by atoms with van der Waals surface area (Å²) in [5, 5.41) is 3.57. The van der Waals surface area contributed by atoms with Gasteiger partial charge < -0.3 is 10.2 Å². The van der Waals surface area contributed by atoms with E-state index in [1.807, 2.05) is 6.07 Å². The Morgan fingerprint density at radius 1 is 1.44 bits per heavy atom. The van der Waals surface area contributed by atoms with Gasteiger partial charge in [-0.15, -0.1) is 0 Å². The third-order valence-electron chi connectivity index (χ3n) is 3.66. The van der Waals surface area contributed by atoms with Crippen LogP contribution in [-0.4, -0.2) is 37.1 Å². The summed E-state index contributed by atoms with van der Waals surface area (Å²) in [4.78, 5) is 2.50. The largest absolute Gasteiger partial charge is 0.313 e. The van der Waals surface area contributed by atoms with Crippen molar-refractivity contribution in [2.24, 2.45) is 0 Å². The minimum Gasteiger partial charge on any atom is -0.313 e. The zero-order valence-electron chi connectivity index (χ0n) is 11.2. The van der Waals surface area contributed by atoms with Crippen molar-refractivity contribution in [1.29, 1.82) is 0 Å². The summed E-state index contributed by atoms with van der Waals surface area (Å²) >= 11 is 0. The van der Waals surface area contributed by atoms with Crippen LogP contribution in [0.25, 0.3) is 0 Å². The molecule has 0 bridgehead atoms. The second kappa shape index (κ2) is 6.86. The van der Waals surface area contributed by atoms with Crippen LogP contribution in [-0.2, 0) is 6.42 Å². The Hall–Kier alpha value is -0.930. The molecule has 18 heavy (non-hydrogen) atoms. The Balaban J connectivity index is 1.85. The van der Waals surface area contributed by atoms with E-state index in [1.165, 1.54) is 18.9 Å². The molecule has 1 atom stereocenters. The van der Waals surface area contributed by atoms with Crippen LogP contribution in [0.3, 0.4) is 0 Å². The molecule has 1 N–H and O–H groups in total. The van der Waals surface area contributed by atoms with Gasteiger partial charge in [0.1, 0.15) is 5.82 Å². The zero-order valence-corrected chi connectivity index (χ0v) is 11.2. The van der Waals surface area contributed by atoms with E-state index in [9.17, 15) is 4.39 Å². The van der Waals surface area contributed by atoms with Gasteiger partial charge in [-0.2, -0.15) is 0 Å². The number of rotatable bonds is 4. The second-order valence-electron chi connectivity index (χ2n) is 5.09. The van der Waals surface area contributed by atoms with Crippen LogP contribution in [0.1, 0.15) is 25.3 Å². The molecule has 0 radical (unpaired) electrons. The van der Waals surface area contributed by atoms with Crippen LogP contribution in [0.4, 0.5) is 4.39 Å². The monoisotopic (exact) mass is 250 g/mol. The first-order chi connectivity index (χ1) is 8.78. The minimum absolute atomic E-state index is 0.128. The second-order valence-corrected chi connectivity index (χ2v) is 5.09. The highest BCUT2D eigenvalue weighted by molar-refractivity contribution is 5.16. The van der Waals surface area contributed by atoms with Gasteiger partial charge in [0.2, 0.25) is 0 Å². The maximum absolute atomic E-state index is 13.1. The molecular formula is C15H23FN2. The Labute approximate surface area is 109 Å². The van der Waals surface area contributed by atoms with Crippen molar-refractivity contribution in [2.75, 3.05) is 26.2 Å². The van der Waals surface area contributed by atoms with E-state index in [2.05, 4.69) is 17.1 Å². The summed E-state index contributed by atoms with van der Waals surface area (Å²) in [6.45, 7) is 6.65. The number of benzene rings is 1. The average Bonchev–Trinajstić information content (AvgIpc) is 2.61. The molecule has 1 heterocycles. The molecule has 2 rings (SSSR count). The topological polar surface area (TPSA) is 15.3 Å². The first-order valence-corrected chi connectivity index (χ1v) is 6.98. The Bertz CT molecular complexity index is 367. The molecule has 0 aromatic heterocycles. The van der Waals surface area contributed by atoms with E-state index < -0.39 is 0 Å². The zero-order chi connectivity index (χ0) is 12.8. The number of hydrogen-bond donors (Lipinski definition) is 1. The lowest BCUT2D eigenvalue weighted by molar-refractivity contribution is 0.268. The summed E-state index contributed by atoms with van der Waals surface area (Å²) in [5.74, 6) is -0.128. The quantitative estimate of drug-likeness (QED) is 0.883. The molecule has 0 aliphatic carbocycles. The van der Waals surface area contributed by atoms with E-state index in [0.29, 0.717) is 6.04 Å². The molecule has 3 heteroatoms. The third kappa shape index (κ3) is 4.07. The maximum Gasteiger partial charge on any atom is 0.123 e. The summed E-state index contributed by atoms with van der Waals surface area (Å²) in [7, 11) is 0. The van der Waals surface area contributed by atoms with Crippen molar-refractivity contribution in [3.63, 3.8) is 0 Å². The van der Waals surface area contributed by atoms with Crippen LogP contribution < -0.4 is 5.32 Å². The first kappa shape index (κ1) is 13.5. The van der Waals surface area contributed by atoms with Gasteiger partial charge in [-0.3, -0.25) is 0 Å². The molecule has 0 saturated carbocycles. The fraction of sp³-hybridized carbons (Fsp3) is 0.600. The number of nitrogens with zero attached hydrogens (tertiary/aromatic N) is 1. The molecular weight excluding hydrogens is 227 g/mol. The normalized spacial score (nSPS) is 21.8. The van der Waals surface area contributed by atoms with E-state index in [1.54, 1.807) is 12.1 Å². The molecule has 100 valence electrons. The Kier molecular flexibility index (Phi) is 5.14. The maximum atomic E-state index is 13.1. The van der Waals surface area contributed by atoms with E-state index in [-0.39, 0.29) is 5.82 Å². The minimum atomic E-state index is -0.128. The highest BCUT2D eigenvalue weighted by Gasteiger charge is 2.15. The smallest absolute Gasteiger partial charge is 0.123 e. The Morgan fingerprint density at radius 2 is 2.33 bits per heavy atom. The van der Waals surface area contributed by atoms with Crippen LogP contribution in [0.15, 0.2) is 24.3 Å². The first-order valence-electron chi connectivity index (χ1n) is 6.98. The van der Waals surface area contributed by atoms with Crippen molar-refractivity contribution in [3.8, 4) is 0 Å². The predicted molar refractivity (Wildman–Crippen MR) is 73.2 cm³/mol. The van der Waals surface area contributed by atoms with Crippen molar-refractivity contribution in [1.82, 2.24) is 10.2 Å². The van der Waals surface area contributed by atoms with Gasteiger partial charge in [-0.1, -0.05) is 19.1 Å². The SMILES string of the molecule is CCC1CN(CCc2cccc(F)c2)CCCN1. The lowest BCUT2D eigenvalue weighted by Gasteiger charge is -2.23. The van der Waals surface area contributed by atoms with Crippen molar-refractivity contribution in [2.45, 2.75) is 32.2 Å². The molecule has 1 aromatic carbocycles. The lowest BCUT2D eigenvalue weighted by Crippen LogP contribution is -2.37. The molecule has 1 saturated heterocycles. The molecule has 1 unspecified atom stereocenters. The van der Waals surface area contributed by atoms with Crippen LogP contribution in [0, 0.1) is 5.82 Å². The fourth-order valence-corrected chi connectivity index (χ4v) is 2.53. The average molecular weight is 250 g/mol. The number of halogens is 1. The highest BCUT2D eigenvalue weighted by atomic mass is 19.1. The highest BCUT2D eigenvalue weighted by Crippen LogP contribution is 2.08. The third-order valence-corrected chi connectivity index (χ3v) is 3.66. The van der Waals surface area contributed by atoms with Gasteiger partial charge in [0.15, 0.2) is 0 Å². The fourth-order valence-electron chi connectivity index (χ4n) is 2.53. The molecule has 0 spiro atoms. The van der Waals surface area contributed by atoms with Crippen molar-refractivity contribution in [3.05, 3.63) is 35.6 Å². The van der Waals surface area contributed by atoms with Gasteiger partial charge in [0.05, 0.1) is 0 Å². The van der Waals surface area contributed by atoms with Gasteiger partial charge in [-0.05, 0) is 50.0 Å². The van der Waals surface area contributed by atoms with Gasteiger partial charge >= 0.3 is 0 Å². The van der Waals surface area contributed by atoms with Gasteiger partial charge in [0.25, 0.3) is 0 Å². The van der Waals surface area contributed by atoms with E-state index in [4.69, 9.17) is 0 Å². The summed E-state index contributed by atoms with van der Waals surface area (Å²) in [6, 6.07) is 7.57. The lowest BCUT2D eigenvalue weighted by atomic mass is 10.1. The van der Waals surface area contributed by atoms with Gasteiger partial charge in [0, 0.05) is 19.1 Å². The predicted octanol–water partition coefficient (Wildman–Crippen LogP) is 2.44. The van der Waals surface area contributed by atoms with Crippen LogP contribution in [0.5, 0.6) is 0 Å². The molecule has 1 aromatic rings. The Morgan fingerprint density at radius 3 is 3.11 bits per heavy atom. The summed E-state index contributed by atoms with van der Waals surface area (Å²) in [5.41, 5.74) is 1.10. The summed E-state index contributed by atoms with van der Waals surface area (Å²) in [6.07, 6.45) is 3.32. The standard InChI is InChI=1S/C15H23FN2/c1-2-15-12-18(9-4-8-17-15)10-7-13-5-3-6-14(16)11-13/h3,5-6,11,15,17H,2,4,7-10,12H2,1H3. The molecule has 1 fully saturated rings. The van der Waals surface area contributed by atoms with Crippen LogP contribution >= 0.6 is 0 Å². The molecule has 1 aliphatic heterocycles. The van der Waals surface area contributed by atoms with E-state index >= 15 is 0 Å². The number of hydrogen-bond acceptors (Lipinski definition) is 2. The van der Waals surface area contributed by atoms with Crippen molar-refractivity contribution < 1.29 is 4.39 Å². The number of nitrogens with one attached hydrogen (secondary N) is 1. The summed E-state index contributed by atoms with van der Waals surface area (Å²) < 4.78 is 13.1. The van der Waals surface area contributed by atoms with Crippen molar-refractivity contribution >= 4 is 0 Å². The molecule has 0 amide bonds. The van der Waals surface area contributed by atoms with E-state index in [0.717, 1.165) is 38.2 Å². The van der Waals surface area contributed by atoms with Crippen LogP contribution in [0.2, 0.25) is 0 Å². The van der Waals surface area contributed by atoms with Gasteiger partial charge in [-0.25, -0.2) is 4.39 Å². The molecule has 1 aliphatic rings. The molecule has 2 nitrogen and oxygen atoms in total.